The number of esters is 4. The molecule has 0 aromatic heterocycles. The molecular formula is C88H108ClN11O35S. The summed E-state index contributed by atoms with van der Waals surface area (Å²) in [5.41, 5.74) is 13.2. The Balaban J connectivity index is 1.05. The Hall–Kier alpha value is -12.0. The van der Waals surface area contributed by atoms with Crippen LogP contribution in [0.5, 0.6) is 46.0 Å². The molecule has 23 N–H and O–H groups in total. The van der Waals surface area contributed by atoms with E-state index in [2.05, 4.69) is 37.2 Å². The number of carbonyl (C=O) groups excluding carboxylic acids is 11. The van der Waals surface area contributed by atoms with Gasteiger partial charge in [-0.15, -0.1) is 0 Å². The van der Waals surface area contributed by atoms with Gasteiger partial charge in [-0.1, -0.05) is 49.7 Å². The molecule has 738 valence electrons. The third-order valence-corrected chi connectivity index (χ3v) is 24.4. The summed E-state index contributed by atoms with van der Waals surface area (Å²) in [6.45, 7) is 11.6. The molecule has 7 amide bonds. The van der Waals surface area contributed by atoms with E-state index in [1.165, 1.54) is 59.0 Å². The van der Waals surface area contributed by atoms with Gasteiger partial charge in [0.2, 0.25) is 53.4 Å². The minimum Gasteiger partial charge on any atom is -0.508 e. The van der Waals surface area contributed by atoms with E-state index >= 15 is 28.8 Å². The zero-order valence-corrected chi connectivity index (χ0v) is 76.6. The zero-order valence-electron chi connectivity index (χ0n) is 75.0. The fraction of sp³-hybridized carbons (Fsp3) is 0.511. The number of phenols is 3. The van der Waals surface area contributed by atoms with E-state index in [0.717, 1.165) is 93.3 Å². The second-order valence-corrected chi connectivity index (χ2v) is 35.8. The lowest BCUT2D eigenvalue weighted by molar-refractivity contribution is -0.333. The van der Waals surface area contributed by atoms with Gasteiger partial charge in [0.25, 0.3) is 0 Å². The summed E-state index contributed by atoms with van der Waals surface area (Å²) in [6, 6.07) is -0.659. The molecule has 5 aromatic rings. The van der Waals surface area contributed by atoms with Crippen LogP contribution in [0.1, 0.15) is 153 Å². The van der Waals surface area contributed by atoms with Crippen LogP contribution in [0.3, 0.4) is 0 Å². The van der Waals surface area contributed by atoms with E-state index in [-0.39, 0.29) is 36.1 Å². The van der Waals surface area contributed by atoms with Crippen molar-refractivity contribution < 1.29 is 170 Å². The summed E-state index contributed by atoms with van der Waals surface area (Å²) in [6.07, 6.45) is -32.3. The van der Waals surface area contributed by atoms with Gasteiger partial charge in [-0.25, -0.2) is 4.79 Å². The van der Waals surface area contributed by atoms with Gasteiger partial charge in [-0.2, -0.15) is 0 Å². The van der Waals surface area contributed by atoms with Crippen molar-refractivity contribution in [1.29, 1.82) is 0 Å². The van der Waals surface area contributed by atoms with Crippen molar-refractivity contribution in [3.8, 4) is 57.1 Å². The number of aliphatic carboxylic acids is 1. The van der Waals surface area contributed by atoms with Crippen molar-refractivity contribution in [1.82, 2.24) is 42.1 Å². The maximum Gasteiger partial charge on any atom is 0.330 e. The number of nitrogens with one attached hydrogen (secondary N) is 7. The maximum atomic E-state index is 16.7. The van der Waals surface area contributed by atoms with Gasteiger partial charge in [0, 0.05) is 81.4 Å². The maximum absolute atomic E-state index is 16.7. The number of carboxylic acid groups (broad SMARTS) is 1. The molecule has 2 unspecified atom stereocenters. The fourth-order valence-corrected chi connectivity index (χ4v) is 17.4. The highest BCUT2D eigenvalue weighted by atomic mass is 35.5. The molecular weight excluding hydrogens is 1840 g/mol. The Kier molecular flexibility index (Phi) is 32.0. The van der Waals surface area contributed by atoms with Crippen LogP contribution in [0.2, 0.25) is 5.02 Å². The first-order valence-electron chi connectivity index (χ1n) is 42.9. The first kappa shape index (κ1) is 103. The summed E-state index contributed by atoms with van der Waals surface area (Å²) in [7, 11) is 1.28. The lowest BCUT2D eigenvalue weighted by atomic mass is 9.86. The number of hydrogen-bond acceptors (Lipinski definition) is 37. The van der Waals surface area contributed by atoms with E-state index in [1.807, 2.05) is 0 Å². The monoisotopic (exact) mass is 1950 g/mol. The van der Waals surface area contributed by atoms with Gasteiger partial charge in [-0.05, 0) is 129 Å². The third-order valence-electron chi connectivity index (χ3n) is 23.7. The molecule has 0 aliphatic carbocycles. The van der Waals surface area contributed by atoms with E-state index in [0.29, 0.717) is 0 Å². The highest BCUT2D eigenvalue weighted by Crippen LogP contribution is 2.50. The summed E-state index contributed by atoms with van der Waals surface area (Å²) in [5, 5.41) is 133. The van der Waals surface area contributed by atoms with Crippen LogP contribution in [0, 0.1) is 5.92 Å². The first-order valence-corrected chi connectivity index (χ1v) is 43.7. The number of fused-ring (bicyclic) bond motifs is 15. The Bertz CT molecular complexity index is 5410. The number of aliphatic hydroxyl groups is 6. The Morgan fingerprint density at radius 1 is 0.618 bits per heavy atom. The van der Waals surface area contributed by atoms with Gasteiger partial charge in [0.1, 0.15) is 108 Å². The lowest BCUT2D eigenvalue weighted by Gasteiger charge is -2.47. The molecule has 46 nitrogen and oxygen atoms in total. The smallest absolute Gasteiger partial charge is 0.330 e. The molecule has 48 heteroatoms. The molecule has 27 atom stereocenters. The molecule has 9 aliphatic rings. The Morgan fingerprint density at radius 3 is 1.79 bits per heavy atom. The van der Waals surface area contributed by atoms with Crippen molar-refractivity contribution in [3.05, 3.63) is 118 Å². The quantitative estimate of drug-likeness (QED) is 0.0247. The van der Waals surface area contributed by atoms with Crippen molar-refractivity contribution in [3.63, 3.8) is 0 Å². The predicted molar refractivity (Wildman–Crippen MR) is 467 cm³/mol. The summed E-state index contributed by atoms with van der Waals surface area (Å²) < 4.78 is 80.2. The van der Waals surface area contributed by atoms with Crippen LogP contribution in [0.25, 0.3) is 11.1 Å². The number of carbonyl (C=O) groups is 12. The number of aliphatic hydroxyl groups excluding tert-OH is 6. The number of hydrogen-bond donors (Lipinski definition) is 20. The van der Waals surface area contributed by atoms with Gasteiger partial charge >= 0.3 is 29.8 Å². The molecule has 11 bridgehead atoms. The summed E-state index contributed by atoms with van der Waals surface area (Å²) in [4.78, 5) is 175. The number of rotatable bonds is 21. The SMILES string of the molecule is CC(=O)OC[C@H]1OC(NC(=S)N(C)[C@H](CC(C)C)C(=O)N[C@H]2C(=O)N[C@@H](CC(N)=O)C(=O)NC3C(=O)N[C@H]4C(=O)N[C@H](C(=O)N[C@H](C(=O)O)c5cc(O)cc(O)c5-c5cc4ccc5O)[C@H](O[C@H]4C[C@](C)(N)[C@@H](O)[C@H](C)O4)c4ccc(cc4)Oc4cc3cc(c4O[C@@H]3O[C@H](CO)[C@@H](O)[C@H](O)[C@H]3O[C@H]3C[C@](C)(N)[C@@H](O)[C@H](C)O3)Oc3ccc(cc3Cl)[C@H]2O)[C@H](OC(C)=O)[C@@H](OC(C)=O)[C@@H]1OC(C)=O. The van der Waals surface area contributed by atoms with Gasteiger partial charge < -0.3 is 172 Å². The molecule has 0 spiro atoms. The second kappa shape index (κ2) is 42.3. The van der Waals surface area contributed by atoms with E-state index in [4.69, 9.17) is 103 Å². The highest BCUT2D eigenvalue weighted by Gasteiger charge is 2.56. The van der Waals surface area contributed by atoms with Gasteiger partial charge in [0.05, 0.1) is 42.5 Å². The standard InChI is InChI=1S/C88H108ClN11O35S/c1-32(2)20-49(100(11)86(136)99-83-74(128-38(8)105)73(127-37(7)104)71(126-36(6)103)56(131-83)31-123-35(5)102)78(116)97-64-66(110)41-15-19-52(47(89)22-41)130-54-24-42-23-53(70(54)135-85-72(68(112)67(111)55(30-101)132-85)134-59-29-88(10,92)76(114)34(4)125-59)129-44-16-12-39(13-17-44)69(133-58-28-87(9,91)75(113)33(3)124-58)65-82(120)96-63(84(121)122)46-25-43(106)26-51(108)60(46)45-21-40(14-18-50(45)107)61(79(117)98-65)95-80(118)62(42)94-77(115)48(27-57(90)109)93-81(64)119/h12-19,21-26,32-34,48-49,55-56,58-59,61-69,71-76,83,85,101,106-108,110-114H,20,27-31,91-92H2,1-11H3,(H2,90,109)(H,93,119)(H,94,115)(H,95,118)(H,96,120)(H,97,116)(H,98,117)(H,99,136)(H,121,122)/t33-,34-,48-,49+,55+,56+,58-,59-,61+,62?,63-,64+,65-,66+,67+,68-,69+,71+,72+,73-,74+,75-,76-,83?,85-,87-,88-/m0/s1. The van der Waals surface area contributed by atoms with Crippen LogP contribution < -0.4 is 68.6 Å². The number of primary amides is 1. The predicted octanol–water partition coefficient (Wildman–Crippen LogP) is -0.640. The number of nitrogens with two attached hydrogens (primary N) is 3. The number of ether oxygens (including phenoxy) is 13. The number of halogens is 1. The van der Waals surface area contributed by atoms with E-state index in [9.17, 15) is 79.8 Å². The summed E-state index contributed by atoms with van der Waals surface area (Å²) >= 11 is 13.2. The molecule has 5 aromatic carbocycles. The van der Waals surface area contributed by atoms with E-state index in [1.54, 1.807) is 13.8 Å². The molecule has 0 radical (unpaired) electrons. The molecule has 0 saturated carbocycles. The van der Waals surface area contributed by atoms with Gasteiger partial charge in [-0.3, -0.25) is 52.7 Å². The number of phenolic OH excluding ortho intramolecular Hbond substituents is 3. The average Bonchev–Trinajstić information content (AvgIpc) is 0.754. The molecule has 4 fully saturated rings. The molecule has 4 saturated heterocycles. The van der Waals surface area contributed by atoms with Crippen molar-refractivity contribution in [2.75, 3.05) is 20.3 Å². The first-order chi connectivity index (χ1) is 63.9. The number of nitrogens with zero attached hydrogens (tertiary/aromatic N) is 1. The fourth-order valence-electron chi connectivity index (χ4n) is 17.0. The number of amides is 7. The third kappa shape index (κ3) is 23.3. The number of carboxylic acids is 1. The van der Waals surface area contributed by atoms with Crippen LogP contribution in [-0.4, -0.2) is 286 Å². The number of benzene rings is 5. The largest absolute Gasteiger partial charge is 0.508 e. The number of aromatic hydroxyl groups is 3. The van der Waals surface area contributed by atoms with Crippen molar-refractivity contribution in [2.24, 2.45) is 23.1 Å². The van der Waals surface area contributed by atoms with Crippen molar-refractivity contribution >= 4 is 100 Å². The summed E-state index contributed by atoms with van der Waals surface area (Å²) in [5.74, 6) is -21.2. The molecule has 9 heterocycles. The van der Waals surface area contributed by atoms with E-state index < -0.39 is 339 Å². The normalized spacial score (nSPS) is 31.5. The zero-order chi connectivity index (χ0) is 99.6. The molecule has 9 aliphatic heterocycles. The van der Waals surface area contributed by atoms with Gasteiger partial charge in [0.15, 0.2) is 65.9 Å². The molecule has 14 rings (SSSR count). The average molecular weight is 1950 g/mol. The lowest BCUT2D eigenvalue weighted by Crippen LogP contribution is -2.67. The number of thiocarbonyl (C=S) groups is 1. The minimum atomic E-state index is -2.48. The second-order valence-electron chi connectivity index (χ2n) is 35.0. The van der Waals surface area contributed by atoms with Crippen molar-refractivity contribution in [2.45, 2.75) is 259 Å². The van der Waals surface area contributed by atoms with Crippen LogP contribution in [0.4, 0.5) is 0 Å². The highest BCUT2D eigenvalue weighted by molar-refractivity contribution is 7.80. The Morgan fingerprint density at radius 2 is 1.20 bits per heavy atom. The van der Waals surface area contributed by atoms with Crippen LogP contribution >= 0.6 is 23.8 Å². The Labute approximate surface area is 785 Å². The number of likely N-dealkylation sites (N-methyl/N-ethyl adjacent to an activating group) is 1. The topological polar surface area (TPSA) is 693 Å². The minimum absolute atomic E-state index is 0.0893. The van der Waals surface area contributed by atoms with Crippen LogP contribution in [-0.2, 0) is 105 Å². The molecule has 136 heavy (non-hydrogen) atoms. The van der Waals surface area contributed by atoms with Crippen LogP contribution in [0.15, 0.2) is 84.9 Å².